The summed E-state index contributed by atoms with van der Waals surface area (Å²) in [5.74, 6) is 13.1. The summed E-state index contributed by atoms with van der Waals surface area (Å²) in [6.45, 7) is 16.1. The zero-order valence-electron chi connectivity index (χ0n) is 50.5. The molecule has 10 heteroatoms. The summed E-state index contributed by atoms with van der Waals surface area (Å²) in [6.07, 6.45) is 41.1. The molecule has 0 spiro atoms. The third kappa shape index (κ3) is 35.0. The van der Waals surface area contributed by atoms with Gasteiger partial charge < -0.3 is 37.9 Å². The Morgan fingerprint density at radius 2 is 0.500 bits per heavy atom. The Balaban J connectivity index is 2.23. The lowest BCUT2D eigenvalue weighted by Gasteiger charge is -2.18. The summed E-state index contributed by atoms with van der Waals surface area (Å²) in [5, 5.41) is 0. The SMILES string of the molecule is CCCCCCCCOc1cc(C(=O)OCC#CC#CCOC(=O)c2cc(OCCCCCCCC)c(OCCCCCCCC)c(OCCCCCCCC)c2)cc(OCCCCCCCC)c1OCCCCCCCC. The average Bonchev–Trinajstić information content (AvgIpc) is 3.46. The molecule has 0 heterocycles. The van der Waals surface area contributed by atoms with Gasteiger partial charge in [0.25, 0.3) is 0 Å². The first-order chi connectivity index (χ1) is 38.4. The lowest BCUT2D eigenvalue weighted by Crippen LogP contribution is -2.10. The van der Waals surface area contributed by atoms with Gasteiger partial charge in [0.1, 0.15) is 0 Å². The Morgan fingerprint density at radius 1 is 0.295 bits per heavy atom. The minimum absolute atomic E-state index is 0.179. The Hall–Kier alpha value is -4.70. The molecule has 0 atom stereocenters. The van der Waals surface area contributed by atoms with E-state index in [-0.39, 0.29) is 13.2 Å². The molecule has 2 aromatic carbocycles. The number of hydrogen-bond donors (Lipinski definition) is 0. The second kappa shape index (κ2) is 50.5. The zero-order chi connectivity index (χ0) is 56.2. The number of carbonyl (C=O) groups is 2. The highest BCUT2D eigenvalue weighted by molar-refractivity contribution is 5.92. The number of unbranched alkanes of at least 4 members (excludes halogenated alkanes) is 30. The number of rotatable bonds is 52. The summed E-state index contributed by atoms with van der Waals surface area (Å²) in [6, 6.07) is 6.84. The molecule has 442 valence electrons. The summed E-state index contributed by atoms with van der Waals surface area (Å²) in [5.41, 5.74) is 0.615. The maximum Gasteiger partial charge on any atom is 0.339 e. The van der Waals surface area contributed by atoms with E-state index < -0.39 is 11.9 Å². The molecular weight excluding hydrogens is 977 g/mol. The molecule has 0 aliphatic heterocycles. The molecule has 2 rings (SSSR count). The second-order valence-electron chi connectivity index (χ2n) is 21.1. The van der Waals surface area contributed by atoms with E-state index in [1.165, 1.54) is 154 Å². The second-order valence-corrected chi connectivity index (χ2v) is 21.1. The molecule has 78 heavy (non-hydrogen) atoms. The van der Waals surface area contributed by atoms with Crippen LogP contribution in [0.1, 0.15) is 293 Å². The van der Waals surface area contributed by atoms with E-state index >= 15 is 0 Å². The topological polar surface area (TPSA) is 108 Å². The lowest BCUT2D eigenvalue weighted by molar-refractivity contribution is 0.0546. The predicted molar refractivity (Wildman–Crippen MR) is 322 cm³/mol. The Morgan fingerprint density at radius 3 is 0.731 bits per heavy atom. The molecule has 0 amide bonds. The standard InChI is InChI=1S/C68H110O10/c1-7-13-19-25-31-39-47-71-61-55-59(56-62(72-48-40-32-26-20-14-8-2)65(61)75-51-43-35-29-23-17-11-5)67(69)77-53-45-37-38-46-54-78-68(70)60-57-63(73-49-41-33-27-21-15-9-3)66(76-52-44-36-30-24-18-12-6)64(58-60)74-50-42-34-28-22-16-10-4/h55-58H,7-36,39-44,47-54H2,1-6H3. The van der Waals surface area contributed by atoms with Crippen LogP contribution < -0.4 is 28.4 Å². The summed E-state index contributed by atoms with van der Waals surface area (Å²) in [7, 11) is 0. The molecule has 0 aliphatic carbocycles. The van der Waals surface area contributed by atoms with E-state index in [9.17, 15) is 9.59 Å². The fourth-order valence-electron chi connectivity index (χ4n) is 9.00. The largest absolute Gasteiger partial charge is 0.490 e. The first-order valence-corrected chi connectivity index (χ1v) is 31.9. The molecule has 0 fully saturated rings. The summed E-state index contributed by atoms with van der Waals surface area (Å²) >= 11 is 0. The van der Waals surface area contributed by atoms with Gasteiger partial charge in [-0.3, -0.25) is 0 Å². The van der Waals surface area contributed by atoms with Crippen molar-refractivity contribution in [3.63, 3.8) is 0 Å². The molecule has 10 nitrogen and oxygen atoms in total. The van der Waals surface area contributed by atoms with E-state index in [1.54, 1.807) is 24.3 Å². The molecule has 0 radical (unpaired) electrons. The maximum atomic E-state index is 13.6. The van der Waals surface area contributed by atoms with Crippen molar-refractivity contribution in [2.24, 2.45) is 0 Å². The molecule has 0 saturated carbocycles. The normalized spacial score (nSPS) is 10.8. The van der Waals surface area contributed by atoms with Gasteiger partial charge >= 0.3 is 11.9 Å². The molecule has 0 aliphatic rings. The number of benzene rings is 2. The maximum absolute atomic E-state index is 13.6. The van der Waals surface area contributed by atoms with Crippen molar-refractivity contribution in [1.29, 1.82) is 0 Å². The molecule has 0 bridgehead atoms. The van der Waals surface area contributed by atoms with Gasteiger partial charge in [0.2, 0.25) is 11.5 Å². The van der Waals surface area contributed by atoms with Gasteiger partial charge in [-0.25, -0.2) is 9.59 Å². The molecular formula is C68H110O10. The van der Waals surface area contributed by atoms with Crippen molar-refractivity contribution in [3.8, 4) is 58.2 Å². The first-order valence-electron chi connectivity index (χ1n) is 31.9. The van der Waals surface area contributed by atoms with Gasteiger partial charge in [0.05, 0.1) is 50.8 Å². The fourth-order valence-corrected chi connectivity index (χ4v) is 9.00. The van der Waals surface area contributed by atoms with E-state index in [0.717, 1.165) is 77.0 Å². The van der Waals surface area contributed by atoms with Crippen LogP contribution in [0.15, 0.2) is 24.3 Å². The number of esters is 2. The number of hydrogen-bond acceptors (Lipinski definition) is 10. The summed E-state index contributed by atoms with van der Waals surface area (Å²) in [4.78, 5) is 27.2. The Labute approximate surface area is 476 Å². The fraction of sp³-hybridized carbons (Fsp3) is 0.735. The van der Waals surface area contributed by atoms with Gasteiger partial charge in [-0.05, 0) is 86.5 Å². The molecule has 0 aromatic heterocycles. The monoisotopic (exact) mass is 1090 g/mol. The molecule has 0 unspecified atom stereocenters. The van der Waals surface area contributed by atoms with Crippen LogP contribution in [0.25, 0.3) is 0 Å². The van der Waals surface area contributed by atoms with Crippen molar-refractivity contribution in [1.82, 2.24) is 0 Å². The van der Waals surface area contributed by atoms with Gasteiger partial charge in [0.15, 0.2) is 36.2 Å². The van der Waals surface area contributed by atoms with Gasteiger partial charge in [-0.15, -0.1) is 0 Å². The zero-order valence-corrected chi connectivity index (χ0v) is 50.5. The van der Waals surface area contributed by atoms with Crippen LogP contribution in [-0.2, 0) is 9.47 Å². The van der Waals surface area contributed by atoms with Crippen molar-refractivity contribution in [2.75, 3.05) is 52.9 Å². The van der Waals surface area contributed by atoms with Crippen LogP contribution in [0.4, 0.5) is 0 Å². The third-order valence-corrected chi connectivity index (χ3v) is 13.8. The minimum atomic E-state index is -0.549. The van der Waals surface area contributed by atoms with Gasteiger partial charge in [-0.2, -0.15) is 0 Å². The van der Waals surface area contributed by atoms with Crippen LogP contribution in [0.3, 0.4) is 0 Å². The minimum Gasteiger partial charge on any atom is -0.490 e. The number of ether oxygens (including phenoxy) is 8. The smallest absolute Gasteiger partial charge is 0.339 e. The molecule has 0 N–H and O–H groups in total. The van der Waals surface area contributed by atoms with E-state index in [4.69, 9.17) is 37.9 Å². The van der Waals surface area contributed by atoms with Crippen LogP contribution in [0, 0.1) is 23.7 Å². The number of carbonyl (C=O) groups excluding carboxylic acids is 2. The third-order valence-electron chi connectivity index (χ3n) is 13.8. The van der Waals surface area contributed by atoms with Crippen molar-refractivity contribution >= 4 is 11.9 Å². The predicted octanol–water partition coefficient (Wildman–Crippen LogP) is 19.1. The Kier molecular flexibility index (Phi) is 44.9. The summed E-state index contributed by atoms with van der Waals surface area (Å²) < 4.78 is 49.7. The van der Waals surface area contributed by atoms with Crippen LogP contribution in [0.5, 0.6) is 34.5 Å². The lowest BCUT2D eigenvalue weighted by atomic mass is 10.1. The van der Waals surface area contributed by atoms with Crippen LogP contribution in [-0.4, -0.2) is 64.8 Å². The first kappa shape index (κ1) is 69.4. The molecule has 0 saturated heterocycles. The Bertz CT molecular complexity index is 1700. The van der Waals surface area contributed by atoms with E-state index in [2.05, 4.69) is 65.2 Å². The van der Waals surface area contributed by atoms with Crippen LogP contribution in [0.2, 0.25) is 0 Å². The van der Waals surface area contributed by atoms with E-state index in [1.807, 2.05) is 0 Å². The molecule has 2 aromatic rings. The highest BCUT2D eigenvalue weighted by atomic mass is 16.6. The van der Waals surface area contributed by atoms with E-state index in [0.29, 0.717) is 85.3 Å². The van der Waals surface area contributed by atoms with Gasteiger partial charge in [0, 0.05) is 0 Å². The van der Waals surface area contributed by atoms with Crippen LogP contribution >= 0.6 is 0 Å². The highest BCUT2D eigenvalue weighted by Gasteiger charge is 2.22. The van der Waals surface area contributed by atoms with Gasteiger partial charge in [-0.1, -0.05) is 234 Å². The highest BCUT2D eigenvalue weighted by Crippen LogP contribution is 2.41. The van der Waals surface area contributed by atoms with Crippen molar-refractivity contribution < 1.29 is 47.5 Å². The average molecular weight is 1090 g/mol. The van der Waals surface area contributed by atoms with Crippen molar-refractivity contribution in [3.05, 3.63) is 35.4 Å². The quantitative estimate of drug-likeness (QED) is 0.0361. The van der Waals surface area contributed by atoms with Crippen molar-refractivity contribution in [2.45, 2.75) is 273 Å².